The van der Waals surface area contributed by atoms with E-state index in [0.29, 0.717) is 0 Å². The Morgan fingerprint density at radius 1 is 1.18 bits per heavy atom. The molecule has 17 heavy (non-hydrogen) atoms. The Balaban J connectivity index is 1.81. The molecule has 0 radical (unpaired) electrons. The first-order valence-electron chi connectivity index (χ1n) is 6.46. The highest BCUT2D eigenvalue weighted by Gasteiger charge is 2.14. The lowest BCUT2D eigenvalue weighted by Gasteiger charge is -2.27. The van der Waals surface area contributed by atoms with E-state index in [1.807, 2.05) is 6.34 Å². The van der Waals surface area contributed by atoms with Crippen LogP contribution in [-0.4, -0.2) is 12.9 Å². The average molecular weight is 226 g/mol. The van der Waals surface area contributed by atoms with Crippen LogP contribution >= 0.6 is 0 Å². The number of para-hydroxylation sites is 1. The third-order valence-electron chi connectivity index (χ3n) is 3.54. The van der Waals surface area contributed by atoms with Crippen LogP contribution in [0.25, 0.3) is 0 Å². The van der Waals surface area contributed by atoms with Gasteiger partial charge in [-0.2, -0.15) is 0 Å². The Labute approximate surface area is 103 Å². The van der Waals surface area contributed by atoms with Crippen LogP contribution in [0.2, 0.25) is 0 Å². The summed E-state index contributed by atoms with van der Waals surface area (Å²) in [6, 6.07) is 8.58. The summed E-state index contributed by atoms with van der Waals surface area (Å²) >= 11 is 0. The Hall–Kier alpha value is -1.57. The normalized spacial score (nSPS) is 18.8. The van der Waals surface area contributed by atoms with Crippen LogP contribution < -0.4 is 4.90 Å². The molecule has 2 heteroatoms. The van der Waals surface area contributed by atoms with Gasteiger partial charge >= 0.3 is 0 Å². The third kappa shape index (κ3) is 2.26. The predicted octanol–water partition coefficient (Wildman–Crippen LogP) is 3.54. The van der Waals surface area contributed by atoms with Crippen molar-refractivity contribution >= 4 is 12.0 Å². The van der Waals surface area contributed by atoms with Crippen molar-refractivity contribution in [3.8, 4) is 0 Å². The first kappa shape index (κ1) is 10.6. The highest BCUT2D eigenvalue weighted by Crippen LogP contribution is 2.26. The molecule has 0 unspecified atom stereocenters. The molecule has 0 aromatic heterocycles. The van der Waals surface area contributed by atoms with Crippen molar-refractivity contribution in [3.05, 3.63) is 41.5 Å². The smallest absolute Gasteiger partial charge is 0.0901 e. The molecular weight excluding hydrogens is 208 g/mol. The van der Waals surface area contributed by atoms with E-state index in [2.05, 4.69) is 40.2 Å². The first-order valence-corrected chi connectivity index (χ1v) is 6.46. The molecule has 0 bridgehead atoms. The number of benzene rings is 1. The molecular formula is C15H18N2. The lowest BCUT2D eigenvalue weighted by Crippen LogP contribution is -2.27. The second kappa shape index (κ2) is 4.74. The van der Waals surface area contributed by atoms with E-state index in [9.17, 15) is 0 Å². The Kier molecular flexibility index (Phi) is 2.95. The molecule has 0 saturated carbocycles. The quantitative estimate of drug-likeness (QED) is 0.704. The number of hydrogen-bond acceptors (Lipinski definition) is 2. The second-order valence-electron chi connectivity index (χ2n) is 4.82. The predicted molar refractivity (Wildman–Crippen MR) is 72.5 cm³/mol. The van der Waals surface area contributed by atoms with Crippen LogP contribution in [0.4, 0.5) is 5.69 Å². The molecule has 1 aromatic rings. The standard InChI is InChI=1S/C15H18N2/c1-2-6-13(7-3-1)11-17-12-16-10-14-8-4-5-9-15(14)17/h4-6,8-9,12H,1-3,7,10-11H2. The van der Waals surface area contributed by atoms with E-state index >= 15 is 0 Å². The van der Waals surface area contributed by atoms with Crippen LogP contribution in [-0.2, 0) is 6.54 Å². The Morgan fingerprint density at radius 2 is 2.12 bits per heavy atom. The van der Waals surface area contributed by atoms with Gasteiger partial charge in [-0.1, -0.05) is 29.8 Å². The van der Waals surface area contributed by atoms with Gasteiger partial charge in [-0.3, -0.25) is 4.99 Å². The van der Waals surface area contributed by atoms with Gasteiger partial charge in [-0.05, 0) is 37.3 Å². The van der Waals surface area contributed by atoms with Crippen molar-refractivity contribution in [2.75, 3.05) is 11.4 Å². The molecule has 0 atom stereocenters. The van der Waals surface area contributed by atoms with Crippen molar-refractivity contribution in [2.45, 2.75) is 32.2 Å². The molecule has 2 nitrogen and oxygen atoms in total. The van der Waals surface area contributed by atoms with E-state index < -0.39 is 0 Å². The third-order valence-corrected chi connectivity index (χ3v) is 3.54. The zero-order chi connectivity index (χ0) is 11.5. The molecule has 0 N–H and O–H groups in total. The van der Waals surface area contributed by atoms with Gasteiger partial charge in [0.2, 0.25) is 0 Å². The van der Waals surface area contributed by atoms with Crippen LogP contribution in [0.3, 0.4) is 0 Å². The topological polar surface area (TPSA) is 15.6 Å². The monoisotopic (exact) mass is 226 g/mol. The van der Waals surface area contributed by atoms with Crippen molar-refractivity contribution in [2.24, 2.45) is 4.99 Å². The Morgan fingerprint density at radius 3 is 3.00 bits per heavy atom. The molecule has 1 aliphatic heterocycles. The van der Waals surface area contributed by atoms with E-state index in [4.69, 9.17) is 0 Å². The van der Waals surface area contributed by atoms with Crippen LogP contribution in [0, 0.1) is 0 Å². The van der Waals surface area contributed by atoms with E-state index in [1.54, 1.807) is 5.57 Å². The van der Waals surface area contributed by atoms with Crippen molar-refractivity contribution in [3.63, 3.8) is 0 Å². The zero-order valence-corrected chi connectivity index (χ0v) is 10.1. The van der Waals surface area contributed by atoms with Gasteiger partial charge < -0.3 is 4.90 Å². The Bertz CT molecular complexity index is 460. The number of nitrogens with zero attached hydrogens (tertiary/aromatic N) is 2. The SMILES string of the molecule is C1=NCc2ccccc2N1CC1=CCCCC1. The van der Waals surface area contributed by atoms with Gasteiger partial charge in [0.15, 0.2) is 0 Å². The number of rotatable bonds is 2. The second-order valence-corrected chi connectivity index (χ2v) is 4.82. The van der Waals surface area contributed by atoms with Crippen LogP contribution in [0.1, 0.15) is 31.2 Å². The summed E-state index contributed by atoms with van der Waals surface area (Å²) in [7, 11) is 0. The maximum atomic E-state index is 4.44. The van der Waals surface area contributed by atoms with Crippen molar-refractivity contribution in [1.29, 1.82) is 0 Å². The number of allylic oxidation sites excluding steroid dienone is 1. The van der Waals surface area contributed by atoms with E-state index in [-0.39, 0.29) is 0 Å². The summed E-state index contributed by atoms with van der Waals surface area (Å²) < 4.78 is 0. The molecule has 0 saturated heterocycles. The lowest BCUT2D eigenvalue weighted by atomic mass is 9.99. The van der Waals surface area contributed by atoms with Gasteiger partial charge in [0.25, 0.3) is 0 Å². The molecule has 3 rings (SSSR count). The highest BCUT2D eigenvalue weighted by molar-refractivity contribution is 5.83. The summed E-state index contributed by atoms with van der Waals surface area (Å²) in [6.07, 6.45) is 9.62. The fourth-order valence-corrected chi connectivity index (χ4v) is 2.62. The maximum Gasteiger partial charge on any atom is 0.0901 e. The van der Waals surface area contributed by atoms with Gasteiger partial charge in [0.1, 0.15) is 0 Å². The van der Waals surface area contributed by atoms with Gasteiger partial charge in [0, 0.05) is 12.2 Å². The molecule has 2 aliphatic rings. The lowest BCUT2D eigenvalue weighted by molar-refractivity contribution is 0.689. The average Bonchev–Trinajstić information content (AvgIpc) is 2.40. The molecule has 1 aromatic carbocycles. The molecule has 1 heterocycles. The van der Waals surface area contributed by atoms with Gasteiger partial charge in [-0.25, -0.2) is 0 Å². The molecule has 0 fully saturated rings. The summed E-state index contributed by atoms with van der Waals surface area (Å²) in [5.41, 5.74) is 4.24. The minimum absolute atomic E-state index is 0.825. The van der Waals surface area contributed by atoms with E-state index in [1.165, 1.54) is 36.9 Å². The fraction of sp³-hybridized carbons (Fsp3) is 0.400. The summed E-state index contributed by atoms with van der Waals surface area (Å²) in [5.74, 6) is 0. The van der Waals surface area contributed by atoms with Gasteiger partial charge in [0.05, 0.1) is 12.9 Å². The summed E-state index contributed by atoms with van der Waals surface area (Å²) in [6.45, 7) is 1.84. The van der Waals surface area contributed by atoms with Crippen molar-refractivity contribution < 1.29 is 0 Å². The van der Waals surface area contributed by atoms with Crippen molar-refractivity contribution in [1.82, 2.24) is 0 Å². The summed E-state index contributed by atoms with van der Waals surface area (Å²) in [5, 5.41) is 0. The number of hydrogen-bond donors (Lipinski definition) is 0. The molecule has 0 spiro atoms. The number of aliphatic imine (C=N–C) groups is 1. The maximum absolute atomic E-state index is 4.44. The molecule has 88 valence electrons. The molecule has 1 aliphatic carbocycles. The fourth-order valence-electron chi connectivity index (χ4n) is 2.62. The highest BCUT2D eigenvalue weighted by atomic mass is 15.2. The number of fused-ring (bicyclic) bond motifs is 1. The largest absolute Gasteiger partial charge is 0.328 e. The van der Waals surface area contributed by atoms with Crippen LogP contribution in [0.5, 0.6) is 0 Å². The minimum Gasteiger partial charge on any atom is -0.328 e. The minimum atomic E-state index is 0.825. The van der Waals surface area contributed by atoms with Crippen LogP contribution in [0.15, 0.2) is 40.9 Å². The molecule has 0 amide bonds. The van der Waals surface area contributed by atoms with E-state index in [0.717, 1.165) is 13.1 Å². The van der Waals surface area contributed by atoms with Gasteiger partial charge in [-0.15, -0.1) is 0 Å². The summed E-state index contributed by atoms with van der Waals surface area (Å²) in [4.78, 5) is 6.73. The first-order chi connectivity index (χ1) is 8.43. The zero-order valence-electron chi connectivity index (χ0n) is 10.1. The number of anilines is 1.